The zero-order valence-electron chi connectivity index (χ0n) is 18.9. The van der Waals surface area contributed by atoms with Crippen molar-refractivity contribution in [1.82, 2.24) is 9.61 Å². The van der Waals surface area contributed by atoms with Gasteiger partial charge in [-0.05, 0) is 51.8 Å². The van der Waals surface area contributed by atoms with Gasteiger partial charge in [0.1, 0.15) is 16.5 Å². The maximum Gasteiger partial charge on any atom is 0.253 e. The molecular formula is C23H24F2N4O4S. The number of carbonyl (C=O) groups is 2. The van der Waals surface area contributed by atoms with Crippen molar-refractivity contribution >= 4 is 33.2 Å². The summed E-state index contributed by atoms with van der Waals surface area (Å²) in [6.07, 6.45) is 3.85. The highest BCUT2D eigenvalue weighted by molar-refractivity contribution is 7.93. The number of amides is 1. The molecule has 1 saturated heterocycles. The minimum absolute atomic E-state index is 0.0373. The van der Waals surface area contributed by atoms with E-state index in [9.17, 15) is 26.8 Å². The van der Waals surface area contributed by atoms with Crippen LogP contribution in [0.1, 0.15) is 65.9 Å². The van der Waals surface area contributed by atoms with Crippen molar-refractivity contribution in [3.05, 3.63) is 58.9 Å². The third kappa shape index (κ3) is 3.64. The number of aldehydes is 1. The largest absolute Gasteiger partial charge is 0.365 e. The van der Waals surface area contributed by atoms with E-state index >= 15 is 0 Å². The zero-order chi connectivity index (χ0) is 25.0. The Morgan fingerprint density at radius 3 is 2.59 bits per heavy atom. The van der Waals surface area contributed by atoms with Crippen LogP contribution in [0.25, 0.3) is 5.52 Å². The molecule has 0 saturated carbocycles. The predicted octanol–water partition coefficient (Wildman–Crippen LogP) is 3.44. The summed E-state index contributed by atoms with van der Waals surface area (Å²) in [4.78, 5) is 25.8. The number of halogens is 2. The fourth-order valence-corrected chi connectivity index (χ4v) is 5.77. The second kappa shape index (κ2) is 8.15. The van der Waals surface area contributed by atoms with Gasteiger partial charge in [-0.25, -0.2) is 21.7 Å². The van der Waals surface area contributed by atoms with Crippen molar-refractivity contribution in [2.75, 3.05) is 11.4 Å². The predicted molar refractivity (Wildman–Crippen MR) is 122 cm³/mol. The van der Waals surface area contributed by atoms with Crippen molar-refractivity contribution < 1.29 is 26.8 Å². The maximum absolute atomic E-state index is 14.8. The van der Waals surface area contributed by atoms with Crippen molar-refractivity contribution in [2.45, 2.75) is 49.3 Å². The van der Waals surface area contributed by atoms with Gasteiger partial charge >= 0.3 is 0 Å². The lowest BCUT2D eigenvalue weighted by Crippen LogP contribution is -2.34. The van der Waals surface area contributed by atoms with Crippen LogP contribution in [0.3, 0.4) is 0 Å². The molecule has 180 valence electrons. The molecule has 1 aliphatic heterocycles. The zero-order valence-corrected chi connectivity index (χ0v) is 19.7. The highest BCUT2D eigenvalue weighted by Crippen LogP contribution is 2.45. The maximum atomic E-state index is 14.8. The van der Waals surface area contributed by atoms with Gasteiger partial charge in [-0.2, -0.15) is 5.10 Å². The normalized spacial score (nSPS) is 16.9. The average molecular weight is 491 g/mol. The molecule has 3 aromatic rings. The number of fused-ring (bicyclic) bond motifs is 1. The summed E-state index contributed by atoms with van der Waals surface area (Å²) in [5.41, 5.74) is 5.62. The number of hydrogen-bond acceptors (Lipinski definition) is 6. The minimum atomic E-state index is -4.08. The van der Waals surface area contributed by atoms with E-state index in [4.69, 9.17) is 5.73 Å². The molecule has 0 unspecified atom stereocenters. The van der Waals surface area contributed by atoms with E-state index in [1.54, 1.807) is 4.90 Å². The highest BCUT2D eigenvalue weighted by atomic mass is 32.2. The van der Waals surface area contributed by atoms with Gasteiger partial charge < -0.3 is 10.6 Å². The first-order chi connectivity index (χ1) is 15.9. The summed E-state index contributed by atoms with van der Waals surface area (Å²) < 4.78 is 56.0. The number of carbonyl (C=O) groups excluding carboxylic acids is 2. The lowest BCUT2D eigenvalue weighted by atomic mass is 10.0. The Morgan fingerprint density at radius 2 is 1.97 bits per heavy atom. The number of anilines is 1. The van der Waals surface area contributed by atoms with Crippen LogP contribution in [-0.4, -0.2) is 41.5 Å². The lowest BCUT2D eigenvalue weighted by Gasteiger charge is -2.32. The average Bonchev–Trinajstić information content (AvgIpc) is 3.39. The Hall–Kier alpha value is -3.34. The molecule has 8 nitrogen and oxygen atoms in total. The van der Waals surface area contributed by atoms with Gasteiger partial charge in [0.25, 0.3) is 5.91 Å². The number of primary amides is 1. The molecular weight excluding hydrogens is 466 g/mol. The van der Waals surface area contributed by atoms with Crippen molar-refractivity contribution in [3.63, 3.8) is 0 Å². The summed E-state index contributed by atoms with van der Waals surface area (Å²) in [5, 5.41) is 4.04. The van der Waals surface area contributed by atoms with Gasteiger partial charge in [-0.15, -0.1) is 0 Å². The molecule has 0 aliphatic carbocycles. The fraction of sp³-hybridized carbons (Fsp3) is 0.348. The number of nitrogens with zero attached hydrogens (tertiary/aromatic N) is 3. The molecule has 34 heavy (non-hydrogen) atoms. The summed E-state index contributed by atoms with van der Waals surface area (Å²) in [5.74, 6) is -2.27. The van der Waals surface area contributed by atoms with Crippen LogP contribution < -0.4 is 10.6 Å². The summed E-state index contributed by atoms with van der Waals surface area (Å²) in [6.45, 7) is 4.78. The number of nitrogens with two attached hydrogens (primary N) is 1. The number of pyridine rings is 1. The number of hydrogen-bond donors (Lipinski definition) is 1. The summed E-state index contributed by atoms with van der Waals surface area (Å²) >= 11 is 0. The van der Waals surface area contributed by atoms with Crippen molar-refractivity contribution in [1.29, 1.82) is 0 Å². The summed E-state index contributed by atoms with van der Waals surface area (Å²) in [7, 11) is -4.08. The van der Waals surface area contributed by atoms with E-state index in [0.717, 1.165) is 22.7 Å². The minimum Gasteiger partial charge on any atom is -0.365 e. The van der Waals surface area contributed by atoms with Gasteiger partial charge in [-0.1, -0.05) is 0 Å². The van der Waals surface area contributed by atoms with E-state index in [-0.39, 0.29) is 39.3 Å². The Kier molecular flexibility index (Phi) is 5.71. The second-order valence-corrected chi connectivity index (χ2v) is 11.9. The fourth-order valence-electron chi connectivity index (χ4n) is 4.40. The third-order valence-corrected chi connectivity index (χ3v) is 8.59. The second-order valence-electron chi connectivity index (χ2n) is 9.23. The molecule has 0 bridgehead atoms. The first-order valence-electron chi connectivity index (χ1n) is 10.6. The summed E-state index contributed by atoms with van der Waals surface area (Å²) in [6, 6.07) is 2.31. The Bertz CT molecular complexity index is 1430. The van der Waals surface area contributed by atoms with Gasteiger partial charge in [-0.3, -0.25) is 9.59 Å². The van der Waals surface area contributed by atoms with Crippen LogP contribution in [0.2, 0.25) is 0 Å². The monoisotopic (exact) mass is 490 g/mol. The van der Waals surface area contributed by atoms with Crippen LogP contribution in [0.4, 0.5) is 14.5 Å². The lowest BCUT2D eigenvalue weighted by molar-refractivity contribution is 0.100. The van der Waals surface area contributed by atoms with Gasteiger partial charge in [0, 0.05) is 18.3 Å². The number of benzene rings is 1. The van der Waals surface area contributed by atoms with Crippen LogP contribution in [-0.2, 0) is 9.84 Å². The molecule has 1 aromatic carbocycles. The van der Waals surface area contributed by atoms with Gasteiger partial charge in [0.05, 0.1) is 39.3 Å². The first kappa shape index (κ1) is 23.8. The molecule has 0 spiro atoms. The molecule has 1 aliphatic rings. The Morgan fingerprint density at radius 1 is 1.26 bits per heavy atom. The molecule has 4 rings (SSSR count). The SMILES string of the molecule is CC(C)(C)S(=O)(=O)c1cn2ncc(C=O)c2c(C(N)=O)c1N1CCC[C@@H]1c1cc(F)ccc1F. The molecule has 2 aromatic heterocycles. The number of sulfone groups is 1. The van der Waals surface area contributed by atoms with E-state index in [0.29, 0.717) is 19.1 Å². The van der Waals surface area contributed by atoms with Gasteiger partial charge in [0.2, 0.25) is 0 Å². The molecule has 11 heteroatoms. The van der Waals surface area contributed by atoms with Crippen molar-refractivity contribution in [3.8, 4) is 0 Å². The molecule has 3 heterocycles. The van der Waals surface area contributed by atoms with Crippen LogP contribution in [0, 0.1) is 11.6 Å². The van der Waals surface area contributed by atoms with E-state index < -0.39 is 38.2 Å². The van der Waals surface area contributed by atoms with Crippen LogP contribution in [0.15, 0.2) is 35.5 Å². The van der Waals surface area contributed by atoms with Crippen LogP contribution >= 0.6 is 0 Å². The van der Waals surface area contributed by atoms with Crippen LogP contribution in [0.5, 0.6) is 0 Å². The molecule has 0 radical (unpaired) electrons. The number of rotatable bonds is 5. The van der Waals surface area contributed by atoms with E-state index in [2.05, 4.69) is 5.10 Å². The van der Waals surface area contributed by atoms with E-state index in [1.807, 2.05) is 0 Å². The van der Waals surface area contributed by atoms with Crippen molar-refractivity contribution in [2.24, 2.45) is 5.73 Å². The molecule has 2 N–H and O–H groups in total. The molecule has 1 fully saturated rings. The van der Waals surface area contributed by atoms with E-state index in [1.165, 1.54) is 33.2 Å². The molecule has 1 atom stereocenters. The Labute approximate surface area is 195 Å². The Balaban J connectivity index is 2.12. The number of aromatic nitrogens is 2. The molecule has 1 amide bonds. The van der Waals surface area contributed by atoms with Gasteiger partial charge in [0.15, 0.2) is 16.1 Å². The quantitative estimate of drug-likeness (QED) is 0.548. The smallest absolute Gasteiger partial charge is 0.253 e. The standard InChI is InChI=1S/C23H24F2N4O4S/c1-23(2,3)34(32,33)18-11-29-20(13(12-30)10-27-29)19(22(26)31)21(18)28-8-4-5-17(28)15-9-14(24)6-7-16(15)25/h6-7,9-12,17H,4-5,8H2,1-3H3,(H2,26,31)/t17-/m1/s1. The highest BCUT2D eigenvalue weighted by Gasteiger charge is 2.41. The first-order valence-corrected chi connectivity index (χ1v) is 12.1. The topological polar surface area (TPSA) is 115 Å². The third-order valence-electron chi connectivity index (χ3n) is 6.10.